The Kier molecular flexibility index (Phi) is 6.62. The topological polar surface area (TPSA) is 81.7 Å². The van der Waals surface area contributed by atoms with E-state index in [4.69, 9.17) is 9.47 Å². The fourth-order valence-corrected chi connectivity index (χ4v) is 1.22. The number of carbonyl (C=O) groups is 3. The van der Waals surface area contributed by atoms with Gasteiger partial charge >= 0.3 is 11.9 Å². The van der Waals surface area contributed by atoms with E-state index in [9.17, 15) is 14.4 Å². The number of hydrogen-bond acceptors (Lipinski definition) is 5. The van der Waals surface area contributed by atoms with Crippen molar-refractivity contribution in [2.24, 2.45) is 0 Å². The zero-order chi connectivity index (χ0) is 13.4. The Morgan fingerprint density at radius 1 is 1.41 bits per heavy atom. The van der Waals surface area contributed by atoms with Crippen molar-refractivity contribution in [1.29, 1.82) is 0 Å². The molecule has 0 aromatic carbocycles. The molecule has 6 nitrogen and oxygen atoms in total. The molecule has 0 spiro atoms. The Morgan fingerprint density at radius 2 is 2.00 bits per heavy atom. The summed E-state index contributed by atoms with van der Waals surface area (Å²) in [6.07, 6.45) is -0.585. The average Bonchev–Trinajstić information content (AvgIpc) is 2.22. The summed E-state index contributed by atoms with van der Waals surface area (Å²) in [6.45, 7) is 8.21. The zero-order valence-electron chi connectivity index (χ0n) is 10.2. The number of hydrogen-bond donors (Lipinski definition) is 1. The molecule has 0 aliphatic heterocycles. The number of rotatable bonds is 7. The van der Waals surface area contributed by atoms with Crippen LogP contribution in [0.5, 0.6) is 0 Å². The first-order valence-corrected chi connectivity index (χ1v) is 5.13. The van der Waals surface area contributed by atoms with Crippen LogP contribution < -0.4 is 5.32 Å². The maximum absolute atomic E-state index is 11.6. The lowest BCUT2D eigenvalue weighted by Gasteiger charge is -2.24. The third kappa shape index (κ3) is 5.14. The lowest BCUT2D eigenvalue weighted by atomic mass is 10.1. The van der Waals surface area contributed by atoms with Crippen molar-refractivity contribution >= 4 is 18.3 Å². The Bertz CT molecular complexity index is 313. The summed E-state index contributed by atoms with van der Waals surface area (Å²) in [5.74, 6) is -1.24. The molecular weight excluding hydrogens is 226 g/mol. The predicted molar refractivity (Wildman–Crippen MR) is 60.0 cm³/mol. The molecule has 0 saturated heterocycles. The molecule has 0 aromatic heterocycles. The largest absolute Gasteiger partial charge is 0.464 e. The molecule has 0 radical (unpaired) electrons. The number of esters is 2. The van der Waals surface area contributed by atoms with Crippen LogP contribution in [0, 0.1) is 0 Å². The van der Waals surface area contributed by atoms with E-state index in [0.717, 1.165) is 0 Å². The molecule has 0 saturated carbocycles. The molecular formula is C11H17NO5. The van der Waals surface area contributed by atoms with Crippen LogP contribution in [0.4, 0.5) is 0 Å². The molecule has 0 heterocycles. The van der Waals surface area contributed by atoms with Crippen LogP contribution in [0.1, 0.15) is 20.8 Å². The van der Waals surface area contributed by atoms with Gasteiger partial charge in [-0.3, -0.25) is 9.59 Å². The van der Waals surface area contributed by atoms with Crippen molar-refractivity contribution in [3.05, 3.63) is 12.2 Å². The van der Waals surface area contributed by atoms with Crippen LogP contribution in [-0.4, -0.2) is 37.1 Å². The minimum Gasteiger partial charge on any atom is -0.464 e. The predicted octanol–water partition coefficient (Wildman–Crippen LogP) is 0.172. The van der Waals surface area contributed by atoms with Crippen molar-refractivity contribution in [2.75, 3.05) is 6.61 Å². The van der Waals surface area contributed by atoms with E-state index >= 15 is 0 Å². The summed E-state index contributed by atoms with van der Waals surface area (Å²) < 4.78 is 9.71. The molecule has 0 aliphatic rings. The molecule has 0 aromatic rings. The first kappa shape index (κ1) is 15.2. The van der Waals surface area contributed by atoms with E-state index in [1.165, 1.54) is 6.92 Å². The summed E-state index contributed by atoms with van der Waals surface area (Å²) in [5.41, 5.74) is 0.438. The maximum Gasteiger partial charge on any atom is 0.332 e. The summed E-state index contributed by atoms with van der Waals surface area (Å²) in [4.78, 5) is 32.9. The van der Waals surface area contributed by atoms with Gasteiger partial charge in [-0.15, -0.1) is 0 Å². The second kappa shape index (κ2) is 7.43. The van der Waals surface area contributed by atoms with Gasteiger partial charge < -0.3 is 14.8 Å². The van der Waals surface area contributed by atoms with E-state index in [-0.39, 0.29) is 6.61 Å². The first-order valence-electron chi connectivity index (χ1n) is 5.13. The second-order valence-corrected chi connectivity index (χ2v) is 3.39. The molecule has 1 N–H and O–H groups in total. The van der Waals surface area contributed by atoms with Gasteiger partial charge in [-0.2, -0.15) is 0 Å². The van der Waals surface area contributed by atoms with E-state index < -0.39 is 24.1 Å². The Morgan fingerprint density at radius 3 is 2.35 bits per heavy atom. The van der Waals surface area contributed by atoms with Crippen LogP contribution in [-0.2, 0) is 23.9 Å². The number of amides is 1. The monoisotopic (exact) mass is 243 g/mol. The van der Waals surface area contributed by atoms with Crippen molar-refractivity contribution < 1.29 is 23.9 Å². The lowest BCUT2D eigenvalue weighted by molar-refractivity contribution is -0.155. The Balaban J connectivity index is 4.93. The van der Waals surface area contributed by atoms with Crippen molar-refractivity contribution in [1.82, 2.24) is 5.32 Å². The minimum absolute atomic E-state index is 0.166. The molecule has 0 aliphatic carbocycles. The highest BCUT2D eigenvalue weighted by molar-refractivity contribution is 5.80. The highest BCUT2D eigenvalue weighted by atomic mass is 16.6. The number of nitrogens with one attached hydrogen (secondary N) is 1. The summed E-state index contributed by atoms with van der Waals surface area (Å²) in [5, 5.41) is 2.26. The molecule has 1 amide bonds. The average molecular weight is 243 g/mol. The highest BCUT2D eigenvalue weighted by Crippen LogP contribution is 2.11. The summed E-state index contributed by atoms with van der Waals surface area (Å²) in [6, 6.07) is -1.08. The zero-order valence-corrected chi connectivity index (χ0v) is 10.2. The molecule has 0 rings (SSSR count). The van der Waals surface area contributed by atoms with Gasteiger partial charge in [-0.25, -0.2) is 4.79 Å². The van der Waals surface area contributed by atoms with Gasteiger partial charge in [0.15, 0.2) is 12.1 Å². The standard InChI is InChI=1S/C11H17NO5/c1-5-16-11(15)9(12-6-13)10(7(2)3)17-8(4)14/h6,9-10H,2,5H2,1,3-4H3,(H,12,13). The third-order valence-corrected chi connectivity index (χ3v) is 1.87. The van der Waals surface area contributed by atoms with Gasteiger partial charge in [0.25, 0.3) is 0 Å². The summed E-state index contributed by atoms with van der Waals surface area (Å²) >= 11 is 0. The van der Waals surface area contributed by atoms with Gasteiger partial charge in [-0.05, 0) is 19.4 Å². The molecule has 17 heavy (non-hydrogen) atoms. The Labute approximate surface area is 100.0 Å². The molecule has 96 valence electrons. The normalized spacial score (nSPS) is 13.1. The van der Waals surface area contributed by atoms with E-state index in [1.54, 1.807) is 13.8 Å². The minimum atomic E-state index is -1.08. The fourth-order valence-electron chi connectivity index (χ4n) is 1.22. The van der Waals surface area contributed by atoms with Crippen molar-refractivity contribution in [3.8, 4) is 0 Å². The fraction of sp³-hybridized carbons (Fsp3) is 0.545. The van der Waals surface area contributed by atoms with Crippen LogP contribution in [0.3, 0.4) is 0 Å². The third-order valence-electron chi connectivity index (χ3n) is 1.87. The lowest BCUT2D eigenvalue weighted by Crippen LogP contribution is -2.48. The molecule has 2 unspecified atom stereocenters. The van der Waals surface area contributed by atoms with Crippen LogP contribution in [0.15, 0.2) is 12.2 Å². The van der Waals surface area contributed by atoms with Crippen LogP contribution >= 0.6 is 0 Å². The molecule has 6 heteroatoms. The Hall–Kier alpha value is -1.85. The van der Waals surface area contributed by atoms with Gasteiger partial charge in [0.05, 0.1) is 6.61 Å². The van der Waals surface area contributed by atoms with Gasteiger partial charge in [0.1, 0.15) is 0 Å². The van der Waals surface area contributed by atoms with Gasteiger partial charge in [-0.1, -0.05) is 6.58 Å². The quantitative estimate of drug-likeness (QED) is 0.391. The van der Waals surface area contributed by atoms with Crippen LogP contribution in [0.25, 0.3) is 0 Å². The number of ether oxygens (including phenoxy) is 2. The van der Waals surface area contributed by atoms with E-state index in [0.29, 0.717) is 12.0 Å². The van der Waals surface area contributed by atoms with Crippen molar-refractivity contribution in [3.63, 3.8) is 0 Å². The first-order chi connectivity index (χ1) is 7.93. The van der Waals surface area contributed by atoms with Crippen molar-refractivity contribution in [2.45, 2.75) is 32.9 Å². The van der Waals surface area contributed by atoms with E-state index in [1.807, 2.05) is 0 Å². The molecule has 0 fully saturated rings. The van der Waals surface area contributed by atoms with Gasteiger partial charge in [0, 0.05) is 6.92 Å². The maximum atomic E-state index is 11.6. The smallest absolute Gasteiger partial charge is 0.332 e. The van der Waals surface area contributed by atoms with Crippen LogP contribution in [0.2, 0.25) is 0 Å². The summed E-state index contributed by atoms with van der Waals surface area (Å²) in [7, 11) is 0. The number of carbonyl (C=O) groups excluding carboxylic acids is 3. The van der Waals surface area contributed by atoms with Gasteiger partial charge in [0.2, 0.25) is 6.41 Å². The molecule has 2 atom stereocenters. The SMILES string of the molecule is C=C(C)C(OC(C)=O)C(NC=O)C(=O)OCC. The molecule has 0 bridgehead atoms. The highest BCUT2D eigenvalue weighted by Gasteiger charge is 2.32. The van der Waals surface area contributed by atoms with E-state index in [2.05, 4.69) is 11.9 Å². The second-order valence-electron chi connectivity index (χ2n) is 3.39.